The Morgan fingerprint density at radius 3 is 2.85 bits per heavy atom. The van der Waals surface area contributed by atoms with Crippen LogP contribution in [-0.2, 0) is 0 Å². The molecular weight excluding hydrogens is 264 g/mol. The van der Waals surface area contributed by atoms with Crippen LogP contribution in [0.4, 0.5) is 19.3 Å². The number of rotatable bonds is 3. The zero-order valence-corrected chi connectivity index (χ0v) is 11.4. The molecule has 2 rings (SSSR count). The Balaban J connectivity index is 1.78. The monoisotopic (exact) mass is 283 g/mol. The van der Waals surface area contributed by atoms with Crippen LogP contribution in [0.3, 0.4) is 0 Å². The molecule has 1 aromatic rings. The molecule has 110 valence electrons. The summed E-state index contributed by atoms with van der Waals surface area (Å²) in [4.78, 5) is 11.7. The molecular formula is C14H19F2N3O. The van der Waals surface area contributed by atoms with Gasteiger partial charge in [0.15, 0.2) is 0 Å². The fourth-order valence-electron chi connectivity index (χ4n) is 2.23. The lowest BCUT2D eigenvalue weighted by molar-refractivity contribution is 0.246. The van der Waals surface area contributed by atoms with Gasteiger partial charge in [-0.1, -0.05) is 0 Å². The third-order valence-electron chi connectivity index (χ3n) is 3.49. The Morgan fingerprint density at radius 1 is 1.40 bits per heavy atom. The van der Waals surface area contributed by atoms with Crippen molar-refractivity contribution in [1.29, 1.82) is 0 Å². The van der Waals surface area contributed by atoms with Crippen molar-refractivity contribution in [2.75, 3.05) is 18.4 Å². The van der Waals surface area contributed by atoms with Gasteiger partial charge in [-0.15, -0.1) is 0 Å². The number of nitrogens with one attached hydrogen (secondary N) is 3. The summed E-state index contributed by atoms with van der Waals surface area (Å²) in [5, 5.41) is 8.43. The van der Waals surface area contributed by atoms with Gasteiger partial charge in [0.25, 0.3) is 0 Å². The molecule has 2 amide bonds. The maximum absolute atomic E-state index is 13.4. The number of benzene rings is 1. The van der Waals surface area contributed by atoms with E-state index in [4.69, 9.17) is 0 Å². The summed E-state index contributed by atoms with van der Waals surface area (Å²) in [6, 6.07) is 3.09. The Labute approximate surface area is 116 Å². The van der Waals surface area contributed by atoms with Crippen LogP contribution in [0.1, 0.15) is 19.8 Å². The smallest absolute Gasteiger partial charge is 0.319 e. The lowest BCUT2D eigenvalue weighted by Gasteiger charge is -2.27. The molecule has 3 N–H and O–H groups in total. The number of carbonyl (C=O) groups is 1. The molecule has 0 saturated carbocycles. The third-order valence-corrected chi connectivity index (χ3v) is 3.49. The Hall–Kier alpha value is -1.69. The van der Waals surface area contributed by atoms with Gasteiger partial charge >= 0.3 is 6.03 Å². The molecule has 1 aromatic carbocycles. The molecule has 0 bridgehead atoms. The quantitative estimate of drug-likeness (QED) is 0.798. The number of halogens is 2. The standard InChI is InChI=1S/C14H19F2N3O/c1-9-2-3-10(7-17-9)8-18-14(20)19-13-5-4-11(15)6-12(13)16/h4-6,9-10,17H,2-3,7-8H2,1H3,(H2,18,19,20). The number of carbonyl (C=O) groups excluding carboxylic acids is 1. The first kappa shape index (κ1) is 14.7. The van der Waals surface area contributed by atoms with Crippen LogP contribution in [0.2, 0.25) is 0 Å². The summed E-state index contributed by atoms with van der Waals surface area (Å²) in [6.45, 7) is 3.54. The highest BCUT2D eigenvalue weighted by Gasteiger charge is 2.18. The molecule has 1 aliphatic rings. The molecule has 6 heteroatoms. The van der Waals surface area contributed by atoms with Gasteiger partial charge in [0.05, 0.1) is 5.69 Å². The SMILES string of the molecule is CC1CCC(CNC(=O)Nc2ccc(F)cc2F)CN1. The summed E-state index contributed by atoms with van der Waals surface area (Å²) in [5.74, 6) is -1.07. The van der Waals surface area contributed by atoms with E-state index in [1.165, 1.54) is 6.07 Å². The Kier molecular flexibility index (Phi) is 4.89. The molecule has 0 aromatic heterocycles. The van der Waals surface area contributed by atoms with Crippen molar-refractivity contribution in [2.45, 2.75) is 25.8 Å². The van der Waals surface area contributed by atoms with E-state index in [1.807, 2.05) is 0 Å². The second-order valence-electron chi connectivity index (χ2n) is 5.21. The molecule has 1 aliphatic heterocycles. The Bertz CT molecular complexity index is 473. The largest absolute Gasteiger partial charge is 0.338 e. The predicted octanol–water partition coefficient (Wildman–Crippen LogP) is 2.47. The van der Waals surface area contributed by atoms with E-state index in [-0.39, 0.29) is 5.69 Å². The molecule has 0 spiro atoms. The predicted molar refractivity (Wildman–Crippen MR) is 73.6 cm³/mol. The van der Waals surface area contributed by atoms with Crippen LogP contribution in [-0.4, -0.2) is 25.2 Å². The summed E-state index contributed by atoms with van der Waals surface area (Å²) in [5.41, 5.74) is -0.0284. The van der Waals surface area contributed by atoms with Crippen LogP contribution >= 0.6 is 0 Å². The topological polar surface area (TPSA) is 53.2 Å². The van der Waals surface area contributed by atoms with Gasteiger partial charge in [0.2, 0.25) is 0 Å². The Morgan fingerprint density at radius 2 is 2.20 bits per heavy atom. The van der Waals surface area contributed by atoms with Gasteiger partial charge in [-0.3, -0.25) is 0 Å². The van der Waals surface area contributed by atoms with Gasteiger partial charge in [-0.25, -0.2) is 13.6 Å². The molecule has 0 radical (unpaired) electrons. The minimum absolute atomic E-state index is 0.0284. The molecule has 20 heavy (non-hydrogen) atoms. The number of anilines is 1. The van der Waals surface area contributed by atoms with Crippen LogP contribution in [0.25, 0.3) is 0 Å². The van der Waals surface area contributed by atoms with Crippen molar-refractivity contribution in [3.63, 3.8) is 0 Å². The second kappa shape index (κ2) is 6.65. The first-order chi connectivity index (χ1) is 9.54. The fourth-order valence-corrected chi connectivity index (χ4v) is 2.23. The van der Waals surface area contributed by atoms with E-state index in [1.54, 1.807) is 0 Å². The van der Waals surface area contributed by atoms with Crippen LogP contribution in [0.5, 0.6) is 0 Å². The summed E-state index contributed by atoms with van der Waals surface area (Å²) in [7, 11) is 0. The zero-order valence-electron chi connectivity index (χ0n) is 11.4. The summed E-state index contributed by atoms with van der Waals surface area (Å²) >= 11 is 0. The number of hydrogen-bond donors (Lipinski definition) is 3. The first-order valence-electron chi connectivity index (χ1n) is 6.78. The van der Waals surface area contributed by atoms with Gasteiger partial charge in [0, 0.05) is 18.7 Å². The lowest BCUT2D eigenvalue weighted by Crippen LogP contribution is -2.42. The molecule has 1 fully saturated rings. The highest BCUT2D eigenvalue weighted by molar-refractivity contribution is 5.89. The van der Waals surface area contributed by atoms with Crippen molar-refractivity contribution in [3.05, 3.63) is 29.8 Å². The average molecular weight is 283 g/mol. The van der Waals surface area contributed by atoms with Crippen molar-refractivity contribution >= 4 is 11.7 Å². The van der Waals surface area contributed by atoms with Gasteiger partial charge in [0.1, 0.15) is 11.6 Å². The maximum atomic E-state index is 13.4. The minimum atomic E-state index is -0.784. The van der Waals surface area contributed by atoms with E-state index >= 15 is 0 Å². The maximum Gasteiger partial charge on any atom is 0.319 e. The second-order valence-corrected chi connectivity index (χ2v) is 5.21. The molecule has 2 unspecified atom stereocenters. The molecule has 2 atom stereocenters. The van der Waals surface area contributed by atoms with E-state index in [2.05, 4.69) is 22.9 Å². The number of amides is 2. The normalized spacial score (nSPS) is 22.4. The highest BCUT2D eigenvalue weighted by atomic mass is 19.1. The van der Waals surface area contributed by atoms with E-state index in [9.17, 15) is 13.6 Å². The summed E-state index contributed by atoms with van der Waals surface area (Å²) < 4.78 is 26.1. The number of hydrogen-bond acceptors (Lipinski definition) is 2. The van der Waals surface area contributed by atoms with Gasteiger partial charge in [-0.2, -0.15) is 0 Å². The van der Waals surface area contributed by atoms with Gasteiger partial charge in [-0.05, 0) is 44.4 Å². The molecule has 1 heterocycles. The minimum Gasteiger partial charge on any atom is -0.338 e. The summed E-state index contributed by atoms with van der Waals surface area (Å²) in [6.07, 6.45) is 2.14. The van der Waals surface area contributed by atoms with Crippen molar-refractivity contribution in [2.24, 2.45) is 5.92 Å². The number of piperidine rings is 1. The third kappa shape index (κ3) is 4.16. The van der Waals surface area contributed by atoms with E-state index < -0.39 is 17.7 Å². The van der Waals surface area contributed by atoms with E-state index in [0.29, 0.717) is 18.5 Å². The molecule has 0 aliphatic carbocycles. The van der Waals surface area contributed by atoms with Crippen LogP contribution in [0, 0.1) is 17.6 Å². The molecule has 1 saturated heterocycles. The van der Waals surface area contributed by atoms with Crippen molar-refractivity contribution in [1.82, 2.24) is 10.6 Å². The van der Waals surface area contributed by atoms with Crippen molar-refractivity contribution < 1.29 is 13.6 Å². The van der Waals surface area contributed by atoms with Gasteiger partial charge < -0.3 is 16.0 Å². The highest BCUT2D eigenvalue weighted by Crippen LogP contribution is 2.15. The van der Waals surface area contributed by atoms with E-state index in [0.717, 1.165) is 31.5 Å². The lowest BCUT2D eigenvalue weighted by atomic mass is 9.95. The average Bonchev–Trinajstić information content (AvgIpc) is 2.41. The fraction of sp³-hybridized carbons (Fsp3) is 0.500. The van der Waals surface area contributed by atoms with Crippen molar-refractivity contribution in [3.8, 4) is 0 Å². The molecule has 4 nitrogen and oxygen atoms in total. The zero-order chi connectivity index (χ0) is 14.5. The van der Waals surface area contributed by atoms with Crippen LogP contribution < -0.4 is 16.0 Å². The first-order valence-corrected chi connectivity index (χ1v) is 6.78. The van der Waals surface area contributed by atoms with Crippen LogP contribution in [0.15, 0.2) is 18.2 Å². The number of urea groups is 1.